The van der Waals surface area contributed by atoms with E-state index in [0.29, 0.717) is 68.2 Å². The topological polar surface area (TPSA) is 69.5 Å². The summed E-state index contributed by atoms with van der Waals surface area (Å²) in [6.45, 7) is 4.32. The molecule has 9 heteroatoms. The molecule has 1 saturated heterocycles. The quantitative estimate of drug-likeness (QED) is 0.438. The molecule has 0 unspecified atom stereocenters. The SMILES string of the molecule is CN(C)CCN(C)C(=O)c1cc(CCN(C)c2ccc(F)cc2)c2oc(N3CCOCC3)cc(=O)c2c1. The Bertz CT molecular complexity index is 1290. The van der Waals surface area contributed by atoms with Gasteiger partial charge in [-0.15, -0.1) is 0 Å². The maximum atomic E-state index is 13.4. The second kappa shape index (κ2) is 11.7. The maximum Gasteiger partial charge on any atom is 0.253 e. The van der Waals surface area contributed by atoms with Crippen molar-refractivity contribution >= 4 is 28.4 Å². The lowest BCUT2D eigenvalue weighted by molar-refractivity contribution is 0.0786. The van der Waals surface area contributed by atoms with Gasteiger partial charge in [0.2, 0.25) is 0 Å². The molecular weight excluding hydrogens is 475 g/mol. The number of hydrogen-bond acceptors (Lipinski definition) is 7. The van der Waals surface area contributed by atoms with Crippen molar-refractivity contribution in [2.75, 3.05) is 83.9 Å². The number of carbonyl (C=O) groups is 1. The van der Waals surface area contributed by atoms with Crippen LogP contribution in [0.2, 0.25) is 0 Å². The molecule has 1 amide bonds. The van der Waals surface area contributed by atoms with Gasteiger partial charge >= 0.3 is 0 Å². The number of fused-ring (bicyclic) bond motifs is 1. The number of rotatable bonds is 9. The molecule has 4 rings (SSSR count). The smallest absolute Gasteiger partial charge is 0.253 e. The van der Waals surface area contributed by atoms with Gasteiger partial charge in [-0.25, -0.2) is 4.39 Å². The molecule has 37 heavy (non-hydrogen) atoms. The van der Waals surface area contributed by atoms with E-state index in [0.717, 1.165) is 17.8 Å². The summed E-state index contributed by atoms with van der Waals surface area (Å²) in [6, 6.07) is 11.3. The van der Waals surface area contributed by atoms with Crippen LogP contribution in [0.1, 0.15) is 15.9 Å². The van der Waals surface area contributed by atoms with E-state index in [1.807, 2.05) is 41.9 Å². The lowest BCUT2D eigenvalue weighted by Crippen LogP contribution is -2.36. The van der Waals surface area contributed by atoms with Crippen molar-refractivity contribution < 1.29 is 18.3 Å². The van der Waals surface area contributed by atoms with Gasteiger partial charge in [-0.05, 0) is 62.5 Å². The molecule has 1 aliphatic rings. The molecule has 198 valence electrons. The second-order valence-electron chi connectivity index (χ2n) is 9.74. The van der Waals surface area contributed by atoms with Crippen molar-refractivity contribution in [2.45, 2.75) is 6.42 Å². The van der Waals surface area contributed by atoms with E-state index in [1.54, 1.807) is 30.1 Å². The third-order valence-corrected chi connectivity index (χ3v) is 6.68. The Hall–Kier alpha value is -3.43. The molecular formula is C28H35FN4O4. The summed E-state index contributed by atoms with van der Waals surface area (Å²) in [7, 11) is 7.61. The Kier molecular flexibility index (Phi) is 8.45. The van der Waals surface area contributed by atoms with Crippen LogP contribution in [0, 0.1) is 5.82 Å². The fourth-order valence-electron chi connectivity index (χ4n) is 4.35. The van der Waals surface area contributed by atoms with E-state index in [1.165, 1.54) is 18.2 Å². The zero-order valence-electron chi connectivity index (χ0n) is 22.0. The van der Waals surface area contributed by atoms with Gasteiger partial charge in [0.15, 0.2) is 11.3 Å². The predicted octanol–water partition coefficient (Wildman–Crippen LogP) is 3.08. The Morgan fingerprint density at radius 2 is 1.68 bits per heavy atom. The molecule has 0 N–H and O–H groups in total. The van der Waals surface area contributed by atoms with Crippen LogP contribution in [0.4, 0.5) is 16.0 Å². The van der Waals surface area contributed by atoms with Crippen molar-refractivity contribution in [1.29, 1.82) is 0 Å². The lowest BCUT2D eigenvalue weighted by Gasteiger charge is -2.27. The van der Waals surface area contributed by atoms with E-state index >= 15 is 0 Å². The first-order valence-corrected chi connectivity index (χ1v) is 12.5. The third kappa shape index (κ3) is 6.47. The summed E-state index contributed by atoms with van der Waals surface area (Å²) in [5.41, 5.74) is 2.43. The van der Waals surface area contributed by atoms with Crippen LogP contribution in [0.15, 0.2) is 51.7 Å². The summed E-state index contributed by atoms with van der Waals surface area (Å²) in [5.74, 6) is 0.0785. The molecule has 0 radical (unpaired) electrons. The molecule has 1 aliphatic heterocycles. The number of ether oxygens (including phenoxy) is 1. The molecule has 0 bridgehead atoms. The number of halogens is 1. The number of anilines is 2. The second-order valence-corrected chi connectivity index (χ2v) is 9.74. The molecule has 2 aromatic carbocycles. The minimum absolute atomic E-state index is 0.145. The first-order chi connectivity index (χ1) is 17.7. The zero-order chi connectivity index (χ0) is 26.5. The van der Waals surface area contributed by atoms with E-state index in [9.17, 15) is 14.0 Å². The molecule has 3 aromatic rings. The minimum Gasteiger partial charge on any atom is -0.440 e. The predicted molar refractivity (Wildman–Crippen MR) is 144 cm³/mol. The van der Waals surface area contributed by atoms with E-state index in [4.69, 9.17) is 9.15 Å². The molecule has 8 nitrogen and oxygen atoms in total. The molecule has 0 saturated carbocycles. The molecule has 0 spiro atoms. The number of hydrogen-bond donors (Lipinski definition) is 0. The van der Waals surface area contributed by atoms with Gasteiger partial charge < -0.3 is 28.8 Å². The maximum absolute atomic E-state index is 13.4. The molecule has 1 fully saturated rings. The van der Waals surface area contributed by atoms with Gasteiger partial charge in [-0.1, -0.05) is 0 Å². The van der Waals surface area contributed by atoms with Gasteiger partial charge in [0, 0.05) is 64.1 Å². The Balaban J connectivity index is 1.70. The van der Waals surface area contributed by atoms with Crippen LogP contribution in [-0.4, -0.2) is 89.8 Å². The Labute approximate surface area is 216 Å². The monoisotopic (exact) mass is 510 g/mol. The molecule has 0 aliphatic carbocycles. The Morgan fingerprint density at radius 1 is 0.973 bits per heavy atom. The number of benzene rings is 2. The van der Waals surface area contributed by atoms with Crippen molar-refractivity contribution in [3.05, 3.63) is 69.6 Å². The van der Waals surface area contributed by atoms with Crippen LogP contribution >= 0.6 is 0 Å². The average molecular weight is 511 g/mol. The summed E-state index contributed by atoms with van der Waals surface area (Å²) in [6.07, 6.45) is 0.530. The number of morpholine rings is 1. The number of likely N-dealkylation sites (N-methyl/N-ethyl adjacent to an activating group) is 3. The van der Waals surface area contributed by atoms with Crippen molar-refractivity contribution in [2.24, 2.45) is 0 Å². The molecule has 0 atom stereocenters. The van der Waals surface area contributed by atoms with Gasteiger partial charge in [0.1, 0.15) is 11.4 Å². The first kappa shape index (κ1) is 26.6. The van der Waals surface area contributed by atoms with Crippen molar-refractivity contribution in [3.8, 4) is 0 Å². The lowest BCUT2D eigenvalue weighted by atomic mass is 10.0. The van der Waals surface area contributed by atoms with Crippen LogP contribution in [0.25, 0.3) is 11.0 Å². The van der Waals surface area contributed by atoms with Gasteiger partial charge in [-0.3, -0.25) is 9.59 Å². The van der Waals surface area contributed by atoms with Crippen molar-refractivity contribution in [3.63, 3.8) is 0 Å². The average Bonchev–Trinajstić information content (AvgIpc) is 2.90. The van der Waals surface area contributed by atoms with E-state index < -0.39 is 0 Å². The first-order valence-electron chi connectivity index (χ1n) is 12.5. The highest BCUT2D eigenvalue weighted by molar-refractivity contribution is 5.98. The van der Waals surface area contributed by atoms with E-state index in [-0.39, 0.29) is 17.2 Å². The van der Waals surface area contributed by atoms with Crippen LogP contribution in [0.3, 0.4) is 0 Å². The third-order valence-electron chi connectivity index (χ3n) is 6.68. The largest absolute Gasteiger partial charge is 0.440 e. The van der Waals surface area contributed by atoms with Gasteiger partial charge in [0.05, 0.1) is 18.6 Å². The fraction of sp³-hybridized carbons (Fsp3) is 0.429. The molecule has 1 aromatic heterocycles. The molecule has 2 heterocycles. The highest BCUT2D eigenvalue weighted by Gasteiger charge is 2.21. The number of nitrogens with zero attached hydrogens (tertiary/aromatic N) is 4. The minimum atomic E-state index is -0.287. The number of carbonyl (C=O) groups excluding carboxylic acids is 1. The highest BCUT2D eigenvalue weighted by atomic mass is 19.1. The summed E-state index contributed by atoms with van der Waals surface area (Å²) >= 11 is 0. The van der Waals surface area contributed by atoms with Crippen LogP contribution < -0.4 is 15.2 Å². The fourth-order valence-corrected chi connectivity index (χ4v) is 4.35. The van der Waals surface area contributed by atoms with Crippen LogP contribution in [-0.2, 0) is 11.2 Å². The normalized spacial score (nSPS) is 13.8. The summed E-state index contributed by atoms with van der Waals surface area (Å²) < 4.78 is 25.1. The summed E-state index contributed by atoms with van der Waals surface area (Å²) in [5, 5.41) is 0.392. The number of amides is 1. The zero-order valence-corrected chi connectivity index (χ0v) is 22.0. The van der Waals surface area contributed by atoms with Gasteiger partial charge in [-0.2, -0.15) is 0 Å². The van der Waals surface area contributed by atoms with Crippen molar-refractivity contribution in [1.82, 2.24) is 9.80 Å². The van der Waals surface area contributed by atoms with Crippen LogP contribution in [0.5, 0.6) is 0 Å². The summed E-state index contributed by atoms with van der Waals surface area (Å²) in [4.78, 5) is 34.2. The van der Waals surface area contributed by atoms with E-state index in [2.05, 4.69) is 0 Å². The standard InChI is InChI=1S/C28H35FN4O4/c1-30(2)11-12-32(4)28(35)21-17-20(9-10-31(3)23-7-5-22(29)6-8-23)27-24(18-21)25(34)19-26(37-27)33-13-15-36-16-14-33/h5-8,17-19H,9-16H2,1-4H3. The van der Waals surface area contributed by atoms with Gasteiger partial charge in [0.25, 0.3) is 5.91 Å². The Morgan fingerprint density at radius 3 is 2.35 bits per heavy atom. The highest BCUT2D eigenvalue weighted by Crippen LogP contribution is 2.26.